The molecular weight excluding hydrogens is 308 g/mol. The lowest BCUT2D eigenvalue weighted by Gasteiger charge is -2.00. The second-order valence-electron chi connectivity index (χ2n) is 3.90. The number of hydrogen-bond acceptors (Lipinski definition) is 3. The largest absolute Gasteiger partial charge is 0.324 e. The predicted molar refractivity (Wildman–Crippen MR) is 76.0 cm³/mol. The van der Waals surface area contributed by atoms with E-state index in [1.54, 1.807) is 18.2 Å². The first kappa shape index (κ1) is 11.9. The summed E-state index contributed by atoms with van der Waals surface area (Å²) in [5.41, 5.74) is 2.01. The number of nitrogens with zero attached hydrogens (tertiary/aromatic N) is 2. The molecule has 2 N–H and O–H groups in total. The van der Waals surface area contributed by atoms with E-state index >= 15 is 0 Å². The molecule has 2 heterocycles. The molecule has 0 fully saturated rings. The van der Waals surface area contributed by atoms with Gasteiger partial charge in [0.1, 0.15) is 10.3 Å². The zero-order chi connectivity index (χ0) is 13.2. The molecule has 0 unspecified atom stereocenters. The van der Waals surface area contributed by atoms with Gasteiger partial charge in [-0.25, -0.2) is 9.97 Å². The Hall–Kier alpha value is -2.21. The van der Waals surface area contributed by atoms with Gasteiger partial charge in [-0.15, -0.1) is 0 Å². The number of benzene rings is 1. The predicted octanol–water partition coefficient (Wildman–Crippen LogP) is 2.97. The Morgan fingerprint density at radius 2 is 1.95 bits per heavy atom. The van der Waals surface area contributed by atoms with Crippen LogP contribution in [0.1, 0.15) is 10.5 Å². The third kappa shape index (κ3) is 2.48. The van der Waals surface area contributed by atoms with Gasteiger partial charge in [-0.3, -0.25) is 10.1 Å². The van der Waals surface area contributed by atoms with E-state index in [1.807, 2.05) is 24.3 Å². The number of aromatic amines is 1. The van der Waals surface area contributed by atoms with E-state index in [0.717, 1.165) is 11.0 Å². The number of carbonyl (C=O) groups is 1. The van der Waals surface area contributed by atoms with Crippen molar-refractivity contribution in [3.05, 3.63) is 52.8 Å². The molecule has 3 rings (SSSR count). The average Bonchev–Trinajstić information content (AvgIpc) is 2.80. The summed E-state index contributed by atoms with van der Waals surface area (Å²) in [6, 6.07) is 12.7. The van der Waals surface area contributed by atoms with Gasteiger partial charge in [0, 0.05) is 0 Å². The van der Waals surface area contributed by atoms with Gasteiger partial charge in [-0.2, -0.15) is 0 Å². The monoisotopic (exact) mass is 316 g/mol. The Morgan fingerprint density at radius 3 is 2.74 bits per heavy atom. The van der Waals surface area contributed by atoms with E-state index < -0.39 is 0 Å². The van der Waals surface area contributed by atoms with Crippen molar-refractivity contribution in [2.75, 3.05) is 5.32 Å². The zero-order valence-electron chi connectivity index (χ0n) is 9.72. The Kier molecular flexibility index (Phi) is 3.00. The van der Waals surface area contributed by atoms with Gasteiger partial charge < -0.3 is 4.98 Å². The first-order valence-electron chi connectivity index (χ1n) is 5.61. The molecular formula is C13H9BrN4O. The highest BCUT2D eigenvalue weighted by Gasteiger charge is 2.10. The molecule has 0 aliphatic heterocycles. The molecule has 0 bridgehead atoms. The van der Waals surface area contributed by atoms with Gasteiger partial charge in [0.05, 0.1) is 11.0 Å². The van der Waals surface area contributed by atoms with Gasteiger partial charge in [-0.05, 0) is 40.2 Å². The van der Waals surface area contributed by atoms with Crippen molar-refractivity contribution in [1.29, 1.82) is 0 Å². The van der Waals surface area contributed by atoms with E-state index in [-0.39, 0.29) is 5.91 Å². The van der Waals surface area contributed by atoms with E-state index in [1.165, 1.54) is 0 Å². The minimum Gasteiger partial charge on any atom is -0.324 e. The van der Waals surface area contributed by atoms with Crippen molar-refractivity contribution in [2.24, 2.45) is 0 Å². The molecule has 0 spiro atoms. The molecule has 0 atom stereocenters. The molecule has 2 aromatic heterocycles. The van der Waals surface area contributed by atoms with Crippen LogP contribution in [0.5, 0.6) is 0 Å². The molecule has 19 heavy (non-hydrogen) atoms. The van der Waals surface area contributed by atoms with Crippen LogP contribution in [0.3, 0.4) is 0 Å². The van der Waals surface area contributed by atoms with Crippen molar-refractivity contribution in [3.8, 4) is 0 Å². The fourth-order valence-corrected chi connectivity index (χ4v) is 2.06. The van der Waals surface area contributed by atoms with E-state index in [9.17, 15) is 4.79 Å². The van der Waals surface area contributed by atoms with Gasteiger partial charge in [0.2, 0.25) is 5.95 Å². The summed E-state index contributed by atoms with van der Waals surface area (Å²) < 4.78 is 0.616. The number of imidazole rings is 1. The van der Waals surface area contributed by atoms with Crippen LogP contribution < -0.4 is 5.32 Å². The molecule has 1 aromatic carbocycles. The number of para-hydroxylation sites is 2. The van der Waals surface area contributed by atoms with Crippen LogP contribution >= 0.6 is 15.9 Å². The maximum Gasteiger partial charge on any atom is 0.276 e. The summed E-state index contributed by atoms with van der Waals surface area (Å²) in [5.74, 6) is 0.105. The third-order valence-electron chi connectivity index (χ3n) is 2.57. The SMILES string of the molecule is O=C(Nc1nc2ccccc2[nH]1)c1cccc(Br)n1. The quantitative estimate of drug-likeness (QED) is 0.714. The first-order valence-corrected chi connectivity index (χ1v) is 6.40. The molecule has 0 aliphatic rings. The maximum atomic E-state index is 12.0. The summed E-state index contributed by atoms with van der Waals surface area (Å²) >= 11 is 3.23. The van der Waals surface area contributed by atoms with Crippen molar-refractivity contribution in [2.45, 2.75) is 0 Å². The lowest BCUT2D eigenvalue weighted by Crippen LogP contribution is -2.14. The number of aromatic nitrogens is 3. The molecule has 0 saturated carbocycles. The molecule has 94 valence electrons. The highest BCUT2D eigenvalue weighted by molar-refractivity contribution is 9.10. The van der Waals surface area contributed by atoms with E-state index in [4.69, 9.17) is 0 Å². The van der Waals surface area contributed by atoms with E-state index in [2.05, 4.69) is 36.2 Å². The molecule has 0 saturated heterocycles. The van der Waals surface area contributed by atoms with Gasteiger partial charge >= 0.3 is 0 Å². The molecule has 0 aliphatic carbocycles. The summed E-state index contributed by atoms with van der Waals surface area (Å²) in [7, 11) is 0. The third-order valence-corrected chi connectivity index (χ3v) is 3.01. The van der Waals surface area contributed by atoms with Crippen LogP contribution in [0.25, 0.3) is 11.0 Å². The molecule has 6 heteroatoms. The number of rotatable bonds is 2. The summed E-state index contributed by atoms with van der Waals surface area (Å²) in [6.45, 7) is 0. The Labute approximate surface area is 117 Å². The van der Waals surface area contributed by atoms with Crippen molar-refractivity contribution >= 4 is 38.8 Å². The summed E-state index contributed by atoms with van der Waals surface area (Å²) in [5, 5.41) is 2.69. The van der Waals surface area contributed by atoms with Crippen LogP contribution in [-0.2, 0) is 0 Å². The van der Waals surface area contributed by atoms with Crippen LogP contribution in [-0.4, -0.2) is 20.9 Å². The number of hydrogen-bond donors (Lipinski definition) is 2. The zero-order valence-corrected chi connectivity index (χ0v) is 11.3. The highest BCUT2D eigenvalue weighted by Crippen LogP contribution is 2.14. The number of pyridine rings is 1. The van der Waals surface area contributed by atoms with Gasteiger partial charge in [0.25, 0.3) is 5.91 Å². The van der Waals surface area contributed by atoms with Crippen molar-refractivity contribution < 1.29 is 4.79 Å². The van der Waals surface area contributed by atoms with Crippen molar-refractivity contribution in [1.82, 2.24) is 15.0 Å². The standard InChI is InChI=1S/C13H9BrN4O/c14-11-7-3-6-10(15-11)12(19)18-13-16-8-4-1-2-5-9(8)17-13/h1-7H,(H2,16,17,18,19). The lowest BCUT2D eigenvalue weighted by molar-refractivity contribution is 0.102. The topological polar surface area (TPSA) is 70.7 Å². The second kappa shape index (κ2) is 4.81. The number of anilines is 1. The Morgan fingerprint density at radius 1 is 1.11 bits per heavy atom. The first-order chi connectivity index (χ1) is 9.22. The second-order valence-corrected chi connectivity index (χ2v) is 4.71. The highest BCUT2D eigenvalue weighted by atomic mass is 79.9. The lowest BCUT2D eigenvalue weighted by atomic mass is 10.3. The number of halogens is 1. The van der Waals surface area contributed by atoms with Crippen LogP contribution in [0, 0.1) is 0 Å². The molecule has 1 amide bonds. The van der Waals surface area contributed by atoms with E-state index in [0.29, 0.717) is 16.2 Å². The smallest absolute Gasteiger partial charge is 0.276 e. The van der Waals surface area contributed by atoms with Crippen LogP contribution in [0.4, 0.5) is 5.95 Å². The normalized spacial score (nSPS) is 10.6. The average molecular weight is 317 g/mol. The maximum absolute atomic E-state index is 12.0. The van der Waals surface area contributed by atoms with Gasteiger partial charge in [-0.1, -0.05) is 18.2 Å². The van der Waals surface area contributed by atoms with Crippen LogP contribution in [0.2, 0.25) is 0 Å². The number of amides is 1. The molecule has 3 aromatic rings. The Balaban J connectivity index is 1.86. The number of H-pyrrole nitrogens is 1. The minimum absolute atomic E-state index is 0.305. The summed E-state index contributed by atoms with van der Waals surface area (Å²) in [6.07, 6.45) is 0. The van der Waals surface area contributed by atoms with Crippen molar-refractivity contribution in [3.63, 3.8) is 0 Å². The fourth-order valence-electron chi connectivity index (χ4n) is 1.72. The van der Waals surface area contributed by atoms with Crippen LogP contribution in [0.15, 0.2) is 47.1 Å². The number of fused-ring (bicyclic) bond motifs is 1. The number of carbonyl (C=O) groups excluding carboxylic acids is 1. The minimum atomic E-state index is -0.305. The fraction of sp³-hybridized carbons (Fsp3) is 0. The number of nitrogens with one attached hydrogen (secondary N) is 2. The Bertz CT molecular complexity index is 720. The molecule has 0 radical (unpaired) electrons. The summed E-state index contributed by atoms with van der Waals surface area (Å²) in [4.78, 5) is 23.4. The molecule has 5 nitrogen and oxygen atoms in total. The van der Waals surface area contributed by atoms with Gasteiger partial charge in [0.15, 0.2) is 0 Å².